The van der Waals surface area contributed by atoms with E-state index < -0.39 is 0 Å². The van der Waals surface area contributed by atoms with Crippen LogP contribution in [-0.4, -0.2) is 27.2 Å². The summed E-state index contributed by atoms with van der Waals surface area (Å²) in [7, 11) is 0. The van der Waals surface area contributed by atoms with Crippen molar-refractivity contribution < 1.29 is 5.11 Å². The van der Waals surface area contributed by atoms with Gasteiger partial charge in [-0.1, -0.05) is 13.8 Å². The highest BCUT2D eigenvalue weighted by atomic mass is 16.3. The van der Waals surface area contributed by atoms with Crippen molar-refractivity contribution in [3.05, 3.63) is 28.6 Å². The van der Waals surface area contributed by atoms with Gasteiger partial charge in [0.05, 0.1) is 17.0 Å². The monoisotopic (exact) mass is 274 g/mol. The zero-order valence-corrected chi connectivity index (χ0v) is 11.5. The predicted octanol–water partition coefficient (Wildman–Crippen LogP) is 1.08. The number of aliphatic hydroxyl groups is 1. The third-order valence-corrected chi connectivity index (χ3v) is 4.26. The molecule has 1 aliphatic carbocycles. The van der Waals surface area contributed by atoms with Gasteiger partial charge >= 0.3 is 0 Å². The normalized spacial score (nSPS) is 24.4. The molecule has 2 atom stereocenters. The number of aromatic nitrogens is 2. The molecule has 0 saturated heterocycles. The van der Waals surface area contributed by atoms with Crippen molar-refractivity contribution in [1.29, 1.82) is 0 Å². The number of nitrogens with one attached hydrogen (secondary N) is 2. The van der Waals surface area contributed by atoms with Gasteiger partial charge in [-0.25, -0.2) is 4.98 Å². The van der Waals surface area contributed by atoms with Gasteiger partial charge in [-0.05, 0) is 24.6 Å². The number of nitrogen functional groups attached to an aromatic ring is 1. The number of rotatable bonds is 2. The highest BCUT2D eigenvalue weighted by molar-refractivity contribution is 5.81. The van der Waals surface area contributed by atoms with E-state index in [1.165, 1.54) is 0 Å². The van der Waals surface area contributed by atoms with E-state index in [1.54, 1.807) is 18.2 Å². The highest BCUT2D eigenvalue weighted by Crippen LogP contribution is 2.41. The Kier molecular flexibility index (Phi) is 2.72. The fourth-order valence-electron chi connectivity index (χ4n) is 2.54. The minimum atomic E-state index is -0.327. The number of H-pyrrole nitrogens is 1. The number of aromatic amines is 1. The van der Waals surface area contributed by atoms with Crippen LogP contribution < -0.4 is 16.6 Å². The number of benzene rings is 1. The van der Waals surface area contributed by atoms with Crippen LogP contribution in [0, 0.1) is 5.41 Å². The number of hydrogen-bond acceptors (Lipinski definition) is 5. The van der Waals surface area contributed by atoms with Crippen LogP contribution in [0.1, 0.15) is 20.3 Å². The van der Waals surface area contributed by atoms with Crippen LogP contribution >= 0.6 is 0 Å². The molecule has 0 aliphatic heterocycles. The van der Waals surface area contributed by atoms with Gasteiger partial charge in [0.1, 0.15) is 0 Å². The Morgan fingerprint density at radius 3 is 2.90 bits per heavy atom. The summed E-state index contributed by atoms with van der Waals surface area (Å²) in [5.74, 6) is 0.428. The lowest BCUT2D eigenvalue weighted by atomic mass is 9.65. The van der Waals surface area contributed by atoms with Crippen LogP contribution in [0.25, 0.3) is 10.9 Å². The maximum Gasteiger partial charge on any atom is 0.260 e. The zero-order valence-electron chi connectivity index (χ0n) is 11.5. The second kappa shape index (κ2) is 4.21. The van der Waals surface area contributed by atoms with Crippen LogP contribution in [0.5, 0.6) is 0 Å². The zero-order chi connectivity index (χ0) is 14.5. The molecule has 1 saturated carbocycles. The molecule has 2 aromatic rings. The lowest BCUT2D eigenvalue weighted by molar-refractivity contribution is -0.0512. The maximum absolute atomic E-state index is 12.0. The highest BCUT2D eigenvalue weighted by Gasteiger charge is 2.47. The molecule has 1 aromatic heterocycles. The van der Waals surface area contributed by atoms with Gasteiger partial charge < -0.3 is 16.2 Å². The van der Waals surface area contributed by atoms with Crippen molar-refractivity contribution in [2.45, 2.75) is 32.4 Å². The van der Waals surface area contributed by atoms with Gasteiger partial charge in [0, 0.05) is 17.1 Å². The fourth-order valence-corrected chi connectivity index (χ4v) is 2.54. The van der Waals surface area contributed by atoms with Crippen molar-refractivity contribution in [3.8, 4) is 0 Å². The number of hydrogen-bond donors (Lipinski definition) is 4. The van der Waals surface area contributed by atoms with Crippen molar-refractivity contribution in [2.75, 3.05) is 11.1 Å². The van der Waals surface area contributed by atoms with E-state index in [-0.39, 0.29) is 23.1 Å². The molecule has 3 rings (SSSR count). The van der Waals surface area contributed by atoms with Crippen LogP contribution in [-0.2, 0) is 0 Å². The van der Waals surface area contributed by atoms with Crippen LogP contribution in [0.2, 0.25) is 0 Å². The number of nitrogens with two attached hydrogens (primary N) is 1. The maximum atomic E-state index is 12.0. The molecule has 1 fully saturated rings. The Bertz CT molecular complexity index is 723. The first kappa shape index (κ1) is 12.9. The second-order valence-corrected chi connectivity index (χ2v) is 5.96. The molecule has 5 N–H and O–H groups in total. The van der Waals surface area contributed by atoms with E-state index >= 15 is 0 Å². The van der Waals surface area contributed by atoms with Gasteiger partial charge in [0.2, 0.25) is 5.95 Å². The average molecular weight is 274 g/mol. The number of aliphatic hydroxyl groups excluding tert-OH is 1. The molecular weight excluding hydrogens is 256 g/mol. The number of anilines is 2. The Balaban J connectivity index is 1.94. The first-order valence-electron chi connectivity index (χ1n) is 6.62. The van der Waals surface area contributed by atoms with Crippen LogP contribution in [0.3, 0.4) is 0 Å². The fraction of sp³-hybridized carbons (Fsp3) is 0.429. The molecule has 6 heteroatoms. The molecule has 20 heavy (non-hydrogen) atoms. The minimum Gasteiger partial charge on any atom is -0.399 e. The molecule has 1 aromatic carbocycles. The summed E-state index contributed by atoms with van der Waals surface area (Å²) in [6, 6.07) is 5.15. The SMILES string of the molecule is CC1(C)C(O)CC1Nc1nc2ccc(N)cc2c(=O)[nH]1. The van der Waals surface area contributed by atoms with Gasteiger partial charge in [-0.2, -0.15) is 0 Å². The summed E-state index contributed by atoms with van der Waals surface area (Å²) >= 11 is 0. The predicted molar refractivity (Wildman–Crippen MR) is 78.6 cm³/mol. The number of nitrogens with zero attached hydrogens (tertiary/aromatic N) is 1. The molecular formula is C14H18N4O2. The van der Waals surface area contributed by atoms with Gasteiger partial charge in [0.15, 0.2) is 0 Å². The molecule has 1 aliphatic rings. The molecule has 1 heterocycles. The summed E-state index contributed by atoms with van der Waals surface area (Å²) in [5, 5.41) is 13.4. The van der Waals surface area contributed by atoms with Crippen molar-refractivity contribution in [3.63, 3.8) is 0 Å². The molecule has 6 nitrogen and oxygen atoms in total. The average Bonchev–Trinajstić information content (AvgIpc) is 2.39. The van der Waals surface area contributed by atoms with E-state index in [4.69, 9.17) is 5.73 Å². The molecule has 0 spiro atoms. The molecule has 0 radical (unpaired) electrons. The van der Waals surface area contributed by atoms with E-state index in [0.717, 1.165) is 0 Å². The lowest BCUT2D eigenvalue weighted by Gasteiger charge is -2.49. The quantitative estimate of drug-likeness (QED) is 0.613. The van der Waals surface area contributed by atoms with Gasteiger partial charge in [-0.15, -0.1) is 0 Å². The third-order valence-electron chi connectivity index (χ3n) is 4.26. The standard InChI is InChI=1S/C14H18N4O2/c1-14(2)10(6-11(14)19)17-13-16-9-4-3-7(15)5-8(9)12(20)18-13/h3-5,10-11,19H,6,15H2,1-2H3,(H2,16,17,18,20). The minimum absolute atomic E-state index is 0.0897. The van der Waals surface area contributed by atoms with E-state index in [1.807, 2.05) is 13.8 Å². The summed E-state index contributed by atoms with van der Waals surface area (Å²) in [6.45, 7) is 3.97. The number of fused-ring (bicyclic) bond motifs is 1. The van der Waals surface area contributed by atoms with E-state index in [0.29, 0.717) is 29.0 Å². The Labute approximate surface area is 116 Å². The first-order chi connectivity index (χ1) is 9.38. The second-order valence-electron chi connectivity index (χ2n) is 5.96. The summed E-state index contributed by atoms with van der Waals surface area (Å²) in [5.41, 5.74) is 6.36. The lowest BCUT2D eigenvalue weighted by Crippen LogP contribution is -2.57. The smallest absolute Gasteiger partial charge is 0.260 e. The summed E-state index contributed by atoms with van der Waals surface area (Å²) in [4.78, 5) is 19.1. The van der Waals surface area contributed by atoms with Crippen LogP contribution in [0.4, 0.5) is 11.6 Å². The third kappa shape index (κ3) is 1.92. The molecule has 106 valence electrons. The Hall–Kier alpha value is -2.08. The Morgan fingerprint density at radius 2 is 2.25 bits per heavy atom. The van der Waals surface area contributed by atoms with Crippen LogP contribution in [0.15, 0.2) is 23.0 Å². The molecule has 0 amide bonds. The topological polar surface area (TPSA) is 104 Å². The van der Waals surface area contributed by atoms with Crippen molar-refractivity contribution in [1.82, 2.24) is 9.97 Å². The van der Waals surface area contributed by atoms with Gasteiger partial charge in [-0.3, -0.25) is 9.78 Å². The van der Waals surface area contributed by atoms with E-state index in [9.17, 15) is 9.90 Å². The van der Waals surface area contributed by atoms with E-state index in [2.05, 4.69) is 15.3 Å². The summed E-state index contributed by atoms with van der Waals surface area (Å²) in [6.07, 6.45) is 0.322. The van der Waals surface area contributed by atoms with Crippen molar-refractivity contribution >= 4 is 22.5 Å². The molecule has 0 bridgehead atoms. The Morgan fingerprint density at radius 1 is 1.50 bits per heavy atom. The first-order valence-corrected chi connectivity index (χ1v) is 6.62. The van der Waals surface area contributed by atoms with Crippen molar-refractivity contribution in [2.24, 2.45) is 5.41 Å². The van der Waals surface area contributed by atoms with Gasteiger partial charge in [0.25, 0.3) is 5.56 Å². The summed E-state index contributed by atoms with van der Waals surface area (Å²) < 4.78 is 0. The largest absolute Gasteiger partial charge is 0.399 e. The molecule has 2 unspecified atom stereocenters.